The minimum Gasteiger partial charge on any atom is -0.504 e. The summed E-state index contributed by atoms with van der Waals surface area (Å²) in [6, 6.07) is 3.70. The van der Waals surface area contributed by atoms with Crippen molar-refractivity contribution in [2.75, 3.05) is 0 Å². The van der Waals surface area contributed by atoms with Gasteiger partial charge in [-0.05, 0) is 49.1 Å². The number of aliphatic hydroxyl groups is 1. The molecular formula is C25H34O4. The van der Waals surface area contributed by atoms with Gasteiger partial charge in [-0.25, -0.2) is 0 Å². The molecule has 4 unspecified atom stereocenters. The minimum atomic E-state index is -0.926. The van der Waals surface area contributed by atoms with E-state index in [-0.39, 0.29) is 17.5 Å². The molecule has 4 nitrogen and oxygen atoms in total. The SMILES string of the molecule is CCCC12c3c4ccc(O)c3OC1C(=O)CCC2(O)C(CCCCCC1CC1)C4. The summed E-state index contributed by atoms with van der Waals surface area (Å²) < 4.78 is 6.13. The standard InChI is InChI=1S/C25H34O4/c1-2-13-24-21-17-10-11-19(26)22(21)29-23(24)20(27)12-14-25(24,28)18(15-17)7-5-3-4-6-16-8-9-16/h10-11,16,18,23,26,28H,2-9,12-15H2,1H3. The second-order valence-electron chi connectivity index (χ2n) is 10.0. The van der Waals surface area contributed by atoms with Crippen molar-refractivity contribution in [3.8, 4) is 11.5 Å². The fourth-order valence-corrected chi connectivity index (χ4v) is 6.81. The first-order valence-corrected chi connectivity index (χ1v) is 11.8. The average Bonchev–Trinajstić information content (AvgIpc) is 3.45. The van der Waals surface area contributed by atoms with Crippen molar-refractivity contribution in [3.05, 3.63) is 23.3 Å². The van der Waals surface area contributed by atoms with Gasteiger partial charge in [0.1, 0.15) is 0 Å². The van der Waals surface area contributed by atoms with E-state index >= 15 is 0 Å². The van der Waals surface area contributed by atoms with E-state index in [4.69, 9.17) is 4.74 Å². The molecule has 2 fully saturated rings. The highest BCUT2D eigenvalue weighted by Gasteiger charge is 2.70. The molecule has 4 atom stereocenters. The number of benzene rings is 1. The van der Waals surface area contributed by atoms with Gasteiger partial charge in [-0.1, -0.05) is 57.9 Å². The van der Waals surface area contributed by atoms with Crippen LogP contribution >= 0.6 is 0 Å². The number of ether oxygens (including phenoxy) is 1. The minimum absolute atomic E-state index is 0.0785. The van der Waals surface area contributed by atoms with E-state index in [1.165, 1.54) is 32.1 Å². The van der Waals surface area contributed by atoms with Crippen LogP contribution in [0.4, 0.5) is 0 Å². The number of phenolic OH excluding ortho intramolecular Hbond substituents is 1. The van der Waals surface area contributed by atoms with Crippen LogP contribution in [0.15, 0.2) is 12.1 Å². The third-order valence-corrected chi connectivity index (χ3v) is 8.32. The lowest BCUT2D eigenvalue weighted by Gasteiger charge is -2.57. The normalized spacial score (nSPS) is 34.8. The Hall–Kier alpha value is -1.55. The van der Waals surface area contributed by atoms with Gasteiger partial charge in [-0.2, -0.15) is 0 Å². The van der Waals surface area contributed by atoms with Crippen molar-refractivity contribution in [2.45, 2.75) is 101 Å². The first-order chi connectivity index (χ1) is 14.0. The highest BCUT2D eigenvalue weighted by Crippen LogP contribution is 2.64. The van der Waals surface area contributed by atoms with Crippen LogP contribution < -0.4 is 4.74 Å². The monoisotopic (exact) mass is 398 g/mol. The number of Topliss-reactive ketones (excluding diaryl/α,β-unsaturated/α-hetero) is 1. The molecule has 2 saturated carbocycles. The predicted molar refractivity (Wildman–Crippen MR) is 111 cm³/mol. The second-order valence-corrected chi connectivity index (χ2v) is 10.0. The van der Waals surface area contributed by atoms with Crippen molar-refractivity contribution in [1.29, 1.82) is 0 Å². The largest absolute Gasteiger partial charge is 0.504 e. The molecule has 1 aromatic carbocycles. The van der Waals surface area contributed by atoms with Crippen LogP contribution in [0.5, 0.6) is 11.5 Å². The van der Waals surface area contributed by atoms with Crippen LogP contribution in [0.25, 0.3) is 0 Å². The zero-order valence-corrected chi connectivity index (χ0v) is 17.6. The Morgan fingerprint density at radius 1 is 1.17 bits per heavy atom. The number of hydrogen-bond donors (Lipinski definition) is 2. The number of rotatable bonds is 8. The van der Waals surface area contributed by atoms with Crippen molar-refractivity contribution in [3.63, 3.8) is 0 Å². The summed E-state index contributed by atoms with van der Waals surface area (Å²) in [4.78, 5) is 12.9. The molecule has 0 saturated heterocycles. The highest BCUT2D eigenvalue weighted by molar-refractivity contribution is 5.89. The van der Waals surface area contributed by atoms with Gasteiger partial charge in [0, 0.05) is 12.0 Å². The Morgan fingerprint density at radius 2 is 1.97 bits per heavy atom. The number of unbranched alkanes of at least 4 members (excludes halogenated alkanes) is 2. The Bertz CT molecular complexity index is 813. The van der Waals surface area contributed by atoms with Gasteiger partial charge in [0.15, 0.2) is 23.4 Å². The van der Waals surface area contributed by atoms with E-state index in [0.29, 0.717) is 18.6 Å². The molecule has 4 heteroatoms. The van der Waals surface area contributed by atoms with Gasteiger partial charge in [0.05, 0.1) is 11.0 Å². The molecule has 158 valence electrons. The van der Waals surface area contributed by atoms with Gasteiger partial charge in [-0.3, -0.25) is 4.79 Å². The number of carbonyl (C=O) groups is 1. The molecule has 3 aliphatic carbocycles. The van der Waals surface area contributed by atoms with E-state index in [9.17, 15) is 15.0 Å². The van der Waals surface area contributed by atoms with E-state index in [1.54, 1.807) is 6.07 Å². The quantitative estimate of drug-likeness (QED) is 0.616. The van der Waals surface area contributed by atoms with Gasteiger partial charge < -0.3 is 14.9 Å². The molecule has 0 bridgehead atoms. The zero-order chi connectivity index (χ0) is 20.2. The molecule has 0 aromatic heterocycles. The molecule has 2 N–H and O–H groups in total. The molecule has 1 aliphatic heterocycles. The van der Waals surface area contributed by atoms with Gasteiger partial charge in [0.25, 0.3) is 0 Å². The summed E-state index contributed by atoms with van der Waals surface area (Å²) >= 11 is 0. The molecule has 0 spiro atoms. The second kappa shape index (κ2) is 7.01. The van der Waals surface area contributed by atoms with Crippen molar-refractivity contribution in [1.82, 2.24) is 0 Å². The fraction of sp³-hybridized carbons (Fsp3) is 0.720. The van der Waals surface area contributed by atoms with E-state index in [1.807, 2.05) is 6.07 Å². The van der Waals surface area contributed by atoms with Crippen LogP contribution in [0, 0.1) is 11.8 Å². The van der Waals surface area contributed by atoms with Gasteiger partial charge in [-0.15, -0.1) is 0 Å². The third-order valence-electron chi connectivity index (χ3n) is 8.32. The summed E-state index contributed by atoms with van der Waals surface area (Å²) in [5.41, 5.74) is 0.475. The first-order valence-electron chi connectivity index (χ1n) is 11.8. The Kier molecular flexibility index (Phi) is 4.69. The van der Waals surface area contributed by atoms with E-state index in [2.05, 4.69) is 6.92 Å². The number of ketones is 1. The topological polar surface area (TPSA) is 66.8 Å². The average molecular weight is 399 g/mol. The molecule has 5 rings (SSSR count). The lowest BCUT2D eigenvalue weighted by atomic mass is 9.48. The number of carbonyl (C=O) groups excluding carboxylic acids is 1. The molecule has 0 amide bonds. The smallest absolute Gasteiger partial charge is 0.174 e. The maximum absolute atomic E-state index is 12.9. The Labute approximate surface area is 173 Å². The van der Waals surface area contributed by atoms with Crippen LogP contribution in [0.3, 0.4) is 0 Å². The molecule has 29 heavy (non-hydrogen) atoms. The van der Waals surface area contributed by atoms with E-state index in [0.717, 1.165) is 49.1 Å². The van der Waals surface area contributed by atoms with Gasteiger partial charge >= 0.3 is 0 Å². The highest BCUT2D eigenvalue weighted by atomic mass is 16.5. The molecule has 1 aromatic rings. The fourth-order valence-electron chi connectivity index (χ4n) is 6.81. The molecule has 4 aliphatic rings. The first kappa shape index (κ1) is 19.4. The molecule has 0 radical (unpaired) electrons. The van der Waals surface area contributed by atoms with Crippen LogP contribution in [0.1, 0.15) is 88.7 Å². The zero-order valence-electron chi connectivity index (χ0n) is 17.6. The summed E-state index contributed by atoms with van der Waals surface area (Å²) in [7, 11) is 0. The lowest BCUT2D eigenvalue weighted by molar-refractivity contribution is -0.167. The van der Waals surface area contributed by atoms with Gasteiger partial charge in [0.2, 0.25) is 0 Å². The Morgan fingerprint density at radius 3 is 2.72 bits per heavy atom. The summed E-state index contributed by atoms with van der Waals surface area (Å²) in [6.45, 7) is 2.11. The summed E-state index contributed by atoms with van der Waals surface area (Å²) in [5, 5.41) is 22.7. The number of phenols is 1. The number of aromatic hydroxyl groups is 1. The summed E-state index contributed by atoms with van der Waals surface area (Å²) in [5.74, 6) is 1.77. The predicted octanol–water partition coefficient (Wildman–Crippen LogP) is 4.82. The van der Waals surface area contributed by atoms with E-state index < -0.39 is 17.1 Å². The maximum atomic E-state index is 12.9. The summed E-state index contributed by atoms with van der Waals surface area (Å²) in [6.07, 6.45) is 11.5. The maximum Gasteiger partial charge on any atom is 0.174 e. The molecule has 1 heterocycles. The van der Waals surface area contributed by atoms with Crippen LogP contribution in [0.2, 0.25) is 0 Å². The van der Waals surface area contributed by atoms with Crippen molar-refractivity contribution in [2.24, 2.45) is 11.8 Å². The lowest BCUT2D eigenvalue weighted by Crippen LogP contribution is -2.68. The van der Waals surface area contributed by atoms with Crippen LogP contribution in [-0.4, -0.2) is 27.7 Å². The number of hydrogen-bond acceptors (Lipinski definition) is 4. The Balaban J connectivity index is 1.49. The third kappa shape index (κ3) is 2.78. The molecular weight excluding hydrogens is 364 g/mol. The van der Waals surface area contributed by atoms with Crippen molar-refractivity contribution < 1.29 is 19.7 Å². The van der Waals surface area contributed by atoms with Crippen molar-refractivity contribution >= 4 is 5.78 Å². The van der Waals surface area contributed by atoms with Crippen LogP contribution in [-0.2, 0) is 16.6 Å².